The number of rotatable bonds is 4. The molecule has 0 spiro atoms. The van der Waals surface area contributed by atoms with E-state index in [-0.39, 0.29) is 35.3 Å². The van der Waals surface area contributed by atoms with Gasteiger partial charge in [-0.25, -0.2) is 0 Å². The maximum atomic E-state index is 10.3. The van der Waals surface area contributed by atoms with E-state index in [4.69, 9.17) is 9.47 Å². The molecule has 3 aromatic carbocycles. The van der Waals surface area contributed by atoms with Crippen LogP contribution in [0.25, 0.3) is 0 Å². The van der Waals surface area contributed by atoms with Crippen LogP contribution in [0, 0.1) is 0 Å². The molecule has 0 amide bonds. The van der Waals surface area contributed by atoms with Crippen molar-refractivity contribution in [2.24, 2.45) is 0 Å². The van der Waals surface area contributed by atoms with Gasteiger partial charge in [0, 0.05) is 17.5 Å². The molecule has 53 heavy (non-hydrogen) atoms. The van der Waals surface area contributed by atoms with Crippen LogP contribution >= 0.6 is 0 Å². The van der Waals surface area contributed by atoms with Gasteiger partial charge in [-0.1, -0.05) is 155 Å². The number of benzene rings is 3. The van der Waals surface area contributed by atoms with E-state index in [9.17, 15) is 5.11 Å². The predicted octanol–water partition coefficient (Wildman–Crippen LogP) is 14.3. The highest BCUT2D eigenvalue weighted by Crippen LogP contribution is 2.41. The Bertz CT molecular complexity index is 1690. The van der Waals surface area contributed by atoms with Crippen molar-refractivity contribution in [1.82, 2.24) is 0 Å². The Morgan fingerprint density at radius 2 is 1.04 bits per heavy atom. The van der Waals surface area contributed by atoms with Crippen molar-refractivity contribution in [2.45, 2.75) is 183 Å². The minimum Gasteiger partial charge on any atom is -0.508 e. The SMILES string of the molecule is C=CCc1c(O)cc(C(C)(C)C)cc1C(C)(C)C.C=COc1cc(C(C)(C)C)cc(C(C)(C)C)c1.CC1Cc2c(cc(C(C)(C)C)cc2C(C)(C)C)O1.[H+].[H+]. The maximum absolute atomic E-state index is 10.3. The van der Waals surface area contributed by atoms with E-state index in [2.05, 4.69) is 181 Å². The zero-order valence-corrected chi connectivity index (χ0v) is 37.4. The maximum Gasteiger partial charge on any atom is 1.00 e. The first-order valence-electron chi connectivity index (χ1n) is 19.6. The number of phenols is 1. The van der Waals surface area contributed by atoms with Crippen LogP contribution in [0.3, 0.4) is 0 Å². The van der Waals surface area contributed by atoms with E-state index in [1.54, 1.807) is 0 Å². The summed E-state index contributed by atoms with van der Waals surface area (Å²) in [6.45, 7) is 49.5. The summed E-state index contributed by atoms with van der Waals surface area (Å²) in [5.74, 6) is 2.38. The van der Waals surface area contributed by atoms with E-state index in [0.29, 0.717) is 18.3 Å². The molecular formula is C50H78O3+2. The Balaban J connectivity index is 0.000000782. The second kappa shape index (κ2) is 16.5. The first kappa shape index (κ1) is 45.7. The summed E-state index contributed by atoms with van der Waals surface area (Å²) >= 11 is 0. The monoisotopic (exact) mass is 727 g/mol. The first-order chi connectivity index (χ1) is 23.8. The van der Waals surface area contributed by atoms with Crippen LogP contribution in [0.4, 0.5) is 0 Å². The van der Waals surface area contributed by atoms with Gasteiger partial charge < -0.3 is 14.6 Å². The summed E-state index contributed by atoms with van der Waals surface area (Å²) in [4.78, 5) is 0. The predicted molar refractivity (Wildman–Crippen MR) is 234 cm³/mol. The zero-order valence-electron chi connectivity index (χ0n) is 39.4. The van der Waals surface area contributed by atoms with Crippen LogP contribution in [0.2, 0.25) is 0 Å². The van der Waals surface area contributed by atoms with Crippen LogP contribution in [-0.2, 0) is 45.3 Å². The lowest BCUT2D eigenvalue weighted by molar-refractivity contribution is 0.254. The zero-order chi connectivity index (χ0) is 41.1. The van der Waals surface area contributed by atoms with Crippen molar-refractivity contribution in [2.75, 3.05) is 0 Å². The molecule has 4 rings (SSSR count). The van der Waals surface area contributed by atoms with Gasteiger partial charge in [-0.05, 0) is 103 Å². The molecule has 0 saturated heterocycles. The summed E-state index contributed by atoms with van der Waals surface area (Å²) in [6, 6.07) is 15.2. The Hall–Kier alpha value is -3.46. The lowest BCUT2D eigenvalue weighted by Gasteiger charge is -2.28. The quantitative estimate of drug-likeness (QED) is 0.215. The summed E-state index contributed by atoms with van der Waals surface area (Å²) in [6.07, 6.45) is 5.40. The molecular weight excluding hydrogens is 649 g/mol. The molecule has 3 nitrogen and oxygen atoms in total. The van der Waals surface area contributed by atoms with Gasteiger partial charge in [-0.2, -0.15) is 0 Å². The van der Waals surface area contributed by atoms with Crippen molar-refractivity contribution in [3.05, 3.63) is 112 Å². The van der Waals surface area contributed by atoms with Gasteiger partial charge in [0.25, 0.3) is 0 Å². The molecule has 0 aromatic heterocycles. The van der Waals surface area contributed by atoms with E-state index in [1.807, 2.05) is 12.1 Å². The summed E-state index contributed by atoms with van der Waals surface area (Å²) in [7, 11) is 0. The Kier molecular flexibility index (Phi) is 14.2. The molecule has 1 aliphatic heterocycles. The Morgan fingerprint density at radius 3 is 1.43 bits per heavy atom. The number of hydrogen-bond acceptors (Lipinski definition) is 3. The minimum atomic E-state index is 0. The highest BCUT2D eigenvalue weighted by molar-refractivity contribution is 5.51. The highest BCUT2D eigenvalue weighted by atomic mass is 16.5. The van der Waals surface area contributed by atoms with Crippen LogP contribution in [0.15, 0.2) is 68.0 Å². The van der Waals surface area contributed by atoms with E-state index in [0.717, 1.165) is 23.5 Å². The average molecular weight is 727 g/mol. The van der Waals surface area contributed by atoms with Crippen molar-refractivity contribution in [3.8, 4) is 17.2 Å². The van der Waals surface area contributed by atoms with Gasteiger partial charge in [0.2, 0.25) is 0 Å². The second-order valence-corrected chi connectivity index (χ2v) is 21.2. The molecule has 0 saturated carbocycles. The van der Waals surface area contributed by atoms with Crippen molar-refractivity contribution in [1.29, 1.82) is 0 Å². The molecule has 3 aromatic rings. The number of aromatic hydroxyl groups is 1. The third-order valence-electron chi connectivity index (χ3n) is 9.81. The molecule has 0 bridgehead atoms. The van der Waals surface area contributed by atoms with Crippen LogP contribution < -0.4 is 9.47 Å². The third kappa shape index (κ3) is 12.8. The van der Waals surface area contributed by atoms with Gasteiger partial charge in [0.15, 0.2) is 0 Å². The standard InChI is InChI=1S/2C17H26O.C16H24O/c1-11-8-13-14(17(5,6)7)9-12(16(2,3)4)10-15(13)18-11;1-8-9-13-14(17(5,6)7)10-12(11-15(13)18)16(2,3)4;1-8-17-14-10-12(15(2,3)4)9-13(11-14)16(5,6)7/h9-11H,8H2,1-7H3;8,10-11,18H,1,9H2,2-7H3;8-11H,1H2,2-7H3/p+2. The topological polar surface area (TPSA) is 38.7 Å². The molecule has 0 fully saturated rings. The minimum absolute atomic E-state index is 0. The molecule has 1 unspecified atom stereocenters. The van der Waals surface area contributed by atoms with Gasteiger partial charge in [0.1, 0.15) is 23.4 Å². The molecule has 0 aliphatic carbocycles. The Labute approximate surface area is 329 Å². The molecule has 1 N–H and O–H groups in total. The first-order valence-corrected chi connectivity index (χ1v) is 19.6. The number of fused-ring (bicyclic) bond motifs is 1. The normalized spacial score (nSPS) is 14.9. The smallest absolute Gasteiger partial charge is 0.508 e. The molecule has 1 heterocycles. The van der Waals surface area contributed by atoms with Gasteiger partial charge in [0.05, 0.1) is 6.26 Å². The van der Waals surface area contributed by atoms with Crippen LogP contribution in [0.1, 0.15) is 179 Å². The summed E-state index contributed by atoms with van der Waals surface area (Å²) < 4.78 is 11.4. The van der Waals surface area contributed by atoms with Crippen LogP contribution in [0.5, 0.6) is 17.2 Å². The Morgan fingerprint density at radius 1 is 0.623 bits per heavy atom. The fourth-order valence-corrected chi connectivity index (χ4v) is 6.36. The third-order valence-corrected chi connectivity index (χ3v) is 9.81. The van der Waals surface area contributed by atoms with Gasteiger partial charge >= 0.3 is 2.85 Å². The molecule has 294 valence electrons. The molecule has 1 atom stereocenters. The van der Waals surface area contributed by atoms with E-state index < -0.39 is 0 Å². The lowest BCUT2D eigenvalue weighted by atomic mass is 9.77. The van der Waals surface area contributed by atoms with Crippen LogP contribution in [-0.4, -0.2) is 11.2 Å². The number of allylic oxidation sites excluding steroid dienone is 1. The fourth-order valence-electron chi connectivity index (χ4n) is 6.36. The molecule has 3 heteroatoms. The number of phenolic OH excluding ortho intramolecular Hbond substituents is 1. The van der Waals surface area contributed by atoms with Crippen molar-refractivity contribution < 1.29 is 17.4 Å². The van der Waals surface area contributed by atoms with E-state index in [1.165, 1.54) is 45.2 Å². The number of hydrogen-bond donors (Lipinski definition) is 1. The fraction of sp³-hybridized carbons (Fsp3) is 0.560. The summed E-state index contributed by atoms with van der Waals surface area (Å²) in [5.41, 5.74) is 10.9. The van der Waals surface area contributed by atoms with Gasteiger partial charge in [-0.3, -0.25) is 0 Å². The molecule has 0 radical (unpaired) electrons. The van der Waals surface area contributed by atoms with Crippen molar-refractivity contribution >= 4 is 0 Å². The number of ether oxygens (including phenoxy) is 2. The second-order valence-electron chi connectivity index (χ2n) is 21.2. The average Bonchev–Trinajstić information content (AvgIpc) is 3.35. The van der Waals surface area contributed by atoms with Crippen molar-refractivity contribution in [3.63, 3.8) is 0 Å². The largest absolute Gasteiger partial charge is 1.00 e. The summed E-state index contributed by atoms with van der Waals surface area (Å²) in [5, 5.41) is 10.3. The van der Waals surface area contributed by atoms with E-state index >= 15 is 0 Å². The lowest BCUT2D eigenvalue weighted by Crippen LogP contribution is -2.18. The molecule has 1 aliphatic rings. The highest BCUT2D eigenvalue weighted by Gasteiger charge is 2.30. The van der Waals surface area contributed by atoms with Gasteiger partial charge in [-0.15, -0.1) is 6.58 Å².